The highest BCUT2D eigenvalue weighted by atomic mass is 16.3. The van der Waals surface area contributed by atoms with Crippen LogP contribution in [0.5, 0.6) is 0 Å². The van der Waals surface area contributed by atoms with E-state index in [1.165, 1.54) is 64.2 Å². The molecular weight excluding hydrogens is 809 g/mol. The molecular formula is C52H102N4O8. The number of nitrogens with two attached hydrogens (primary N) is 4. The van der Waals surface area contributed by atoms with E-state index in [9.17, 15) is 39.6 Å². The second-order valence-corrected chi connectivity index (χ2v) is 19.8. The monoisotopic (exact) mass is 911 g/mol. The van der Waals surface area contributed by atoms with Crippen molar-refractivity contribution in [2.24, 2.45) is 46.6 Å². The Kier molecular flexibility index (Phi) is 37.4. The molecule has 0 amide bonds. The molecule has 12 N–H and O–H groups in total. The fourth-order valence-corrected chi connectivity index (χ4v) is 9.13. The molecule has 0 bridgehead atoms. The summed E-state index contributed by atoms with van der Waals surface area (Å²) < 4.78 is 0. The van der Waals surface area contributed by atoms with Gasteiger partial charge >= 0.3 is 0 Å². The molecule has 0 saturated heterocycles. The summed E-state index contributed by atoms with van der Waals surface area (Å²) in [6.45, 7) is 10.4. The number of aliphatic hydroxyl groups excluding tert-OH is 4. The average molecular weight is 911 g/mol. The second-order valence-electron chi connectivity index (χ2n) is 19.8. The van der Waals surface area contributed by atoms with Gasteiger partial charge in [-0.25, -0.2) is 0 Å². The van der Waals surface area contributed by atoms with Crippen LogP contribution in [-0.4, -0.2) is 92.1 Å². The molecule has 0 aliphatic carbocycles. The minimum absolute atomic E-state index is 0.0889. The summed E-state index contributed by atoms with van der Waals surface area (Å²) in [5, 5.41) is 39.8. The first-order valence-electron chi connectivity index (χ1n) is 26.3. The average Bonchev–Trinajstić information content (AvgIpc) is 3.26. The molecule has 8 unspecified atom stereocenters. The van der Waals surface area contributed by atoms with Crippen molar-refractivity contribution in [2.45, 2.75) is 283 Å². The van der Waals surface area contributed by atoms with Crippen LogP contribution in [0.25, 0.3) is 0 Å². The number of rotatable bonds is 45. The van der Waals surface area contributed by atoms with Crippen LogP contribution in [-0.2, 0) is 19.2 Å². The fraction of sp³-hybridized carbons (Fsp3) is 0.923. The van der Waals surface area contributed by atoms with Gasteiger partial charge in [-0.1, -0.05) is 155 Å². The third-order valence-electron chi connectivity index (χ3n) is 13.9. The molecule has 0 heterocycles. The highest BCUT2D eigenvalue weighted by molar-refractivity contribution is 5.88. The number of carbonyl (C=O) groups excluding carboxylic acids is 4. The van der Waals surface area contributed by atoms with E-state index in [4.69, 9.17) is 22.9 Å². The fourth-order valence-electron chi connectivity index (χ4n) is 9.13. The van der Waals surface area contributed by atoms with Crippen LogP contribution in [0.3, 0.4) is 0 Å². The predicted octanol–water partition coefficient (Wildman–Crippen LogP) is 8.30. The molecule has 0 radical (unpaired) electrons. The van der Waals surface area contributed by atoms with E-state index in [2.05, 4.69) is 13.8 Å². The molecule has 0 aliphatic rings. The Hall–Kier alpha value is -1.64. The Bertz CT molecular complexity index is 1110. The van der Waals surface area contributed by atoms with Crippen LogP contribution < -0.4 is 22.9 Å². The van der Waals surface area contributed by atoms with E-state index in [0.717, 1.165) is 89.9 Å². The van der Waals surface area contributed by atoms with Crippen molar-refractivity contribution in [2.75, 3.05) is 0 Å². The minimum atomic E-state index is -0.900. The third-order valence-corrected chi connectivity index (χ3v) is 13.9. The Balaban J connectivity index is 4.42. The highest BCUT2D eigenvalue weighted by Crippen LogP contribution is 2.27. The topological polar surface area (TPSA) is 253 Å². The zero-order chi connectivity index (χ0) is 48.5. The zero-order valence-electron chi connectivity index (χ0n) is 41.9. The van der Waals surface area contributed by atoms with Gasteiger partial charge < -0.3 is 43.4 Å². The SMILES string of the molecule is CCCCC(CCCC(CCCCCCCCCCCCCCCCCCC(CCCC(CCCC)C(=O)[C@@H](N)C(C)O)C(=O)[C@@H](N)C(C)O)C(=O)[C@@H](N)C(C)O)C(=O)[C@@H](N)C(C)O. The van der Waals surface area contributed by atoms with Gasteiger partial charge in [0.25, 0.3) is 0 Å². The van der Waals surface area contributed by atoms with Gasteiger partial charge in [-0.05, 0) is 79.1 Å². The number of unbranched alkanes of at least 4 members (excludes halogenated alkanes) is 17. The maximum Gasteiger partial charge on any atom is 0.155 e. The van der Waals surface area contributed by atoms with Crippen LogP contribution in [0.15, 0.2) is 0 Å². The van der Waals surface area contributed by atoms with E-state index in [-0.39, 0.29) is 46.8 Å². The minimum Gasteiger partial charge on any atom is -0.391 e. The van der Waals surface area contributed by atoms with Gasteiger partial charge in [0.1, 0.15) is 0 Å². The van der Waals surface area contributed by atoms with Crippen molar-refractivity contribution in [3.8, 4) is 0 Å². The summed E-state index contributed by atoms with van der Waals surface area (Å²) in [7, 11) is 0. The first kappa shape index (κ1) is 62.4. The molecule has 0 aromatic rings. The first-order valence-corrected chi connectivity index (χ1v) is 26.3. The van der Waals surface area contributed by atoms with Crippen LogP contribution in [0.4, 0.5) is 0 Å². The molecule has 0 rings (SSSR count). The smallest absolute Gasteiger partial charge is 0.155 e. The van der Waals surface area contributed by atoms with Crippen molar-refractivity contribution in [3.05, 3.63) is 0 Å². The van der Waals surface area contributed by atoms with E-state index in [1.54, 1.807) is 27.7 Å². The van der Waals surface area contributed by atoms with E-state index in [1.807, 2.05) is 0 Å². The normalized spacial score (nSPS) is 17.7. The lowest BCUT2D eigenvalue weighted by Gasteiger charge is -2.24. The zero-order valence-corrected chi connectivity index (χ0v) is 41.9. The highest BCUT2D eigenvalue weighted by Gasteiger charge is 2.31. The van der Waals surface area contributed by atoms with Gasteiger partial charge in [0.05, 0.1) is 48.6 Å². The Morgan fingerprint density at radius 1 is 0.297 bits per heavy atom. The van der Waals surface area contributed by atoms with Crippen molar-refractivity contribution in [3.63, 3.8) is 0 Å². The molecule has 64 heavy (non-hydrogen) atoms. The molecule has 12 nitrogen and oxygen atoms in total. The lowest BCUT2D eigenvalue weighted by molar-refractivity contribution is -0.128. The van der Waals surface area contributed by atoms with Crippen LogP contribution >= 0.6 is 0 Å². The second kappa shape index (κ2) is 38.3. The number of hydrogen-bond donors (Lipinski definition) is 8. The molecule has 0 spiro atoms. The summed E-state index contributed by atoms with van der Waals surface area (Å²) in [4.78, 5) is 52.3. The molecule has 0 aromatic heterocycles. The van der Waals surface area contributed by atoms with Crippen molar-refractivity contribution >= 4 is 23.1 Å². The van der Waals surface area contributed by atoms with Gasteiger partial charge in [0.15, 0.2) is 23.1 Å². The van der Waals surface area contributed by atoms with Gasteiger partial charge in [-0.15, -0.1) is 0 Å². The van der Waals surface area contributed by atoms with Crippen LogP contribution in [0, 0.1) is 23.7 Å². The number of aliphatic hydroxyl groups is 4. The summed E-state index contributed by atoms with van der Waals surface area (Å²) in [5.74, 6) is -1.27. The standard InChI is InChI=1S/C52H102N4O8/c1-7-9-29-41(49(61)45(53)37(3)57)33-27-35-43(51(63)47(55)39(5)59)31-25-23-21-19-17-15-13-11-12-14-16-18-20-22-24-26-32-44(52(64)48(56)40(6)60)36-28-34-42(30-10-8-2)50(62)46(54)38(4)58/h37-48,57-60H,7-36,53-56H2,1-6H3/t37?,38?,39?,40?,41?,42?,43?,44?,45-,46-,47-,48-/m0/s1. The number of carbonyl (C=O) groups is 4. The van der Waals surface area contributed by atoms with Gasteiger partial charge in [0.2, 0.25) is 0 Å². The van der Waals surface area contributed by atoms with Crippen molar-refractivity contribution in [1.82, 2.24) is 0 Å². The summed E-state index contributed by atoms with van der Waals surface area (Å²) >= 11 is 0. The van der Waals surface area contributed by atoms with Gasteiger partial charge in [-0.3, -0.25) is 19.2 Å². The molecule has 0 aliphatic heterocycles. The molecule has 0 saturated carbocycles. The third kappa shape index (κ3) is 27.9. The predicted molar refractivity (Wildman–Crippen MR) is 262 cm³/mol. The molecule has 12 atom stereocenters. The van der Waals surface area contributed by atoms with E-state index < -0.39 is 48.6 Å². The van der Waals surface area contributed by atoms with Crippen LogP contribution in [0.2, 0.25) is 0 Å². The number of Topliss-reactive ketones (excluding diaryl/α,β-unsaturated/α-hetero) is 4. The number of ketones is 4. The van der Waals surface area contributed by atoms with E-state index >= 15 is 0 Å². The largest absolute Gasteiger partial charge is 0.391 e. The maximum atomic E-state index is 13.2. The van der Waals surface area contributed by atoms with Gasteiger partial charge in [0, 0.05) is 23.7 Å². The lowest BCUT2D eigenvalue weighted by atomic mass is 9.83. The Morgan fingerprint density at radius 3 is 0.625 bits per heavy atom. The molecule has 12 heteroatoms. The summed E-state index contributed by atoms with van der Waals surface area (Å²) in [6.07, 6.45) is 25.9. The van der Waals surface area contributed by atoms with E-state index in [0.29, 0.717) is 38.5 Å². The van der Waals surface area contributed by atoms with Crippen molar-refractivity contribution in [1.29, 1.82) is 0 Å². The summed E-state index contributed by atoms with van der Waals surface area (Å²) in [6, 6.07) is -3.58. The van der Waals surface area contributed by atoms with Gasteiger partial charge in [-0.2, -0.15) is 0 Å². The summed E-state index contributed by atoms with van der Waals surface area (Å²) in [5.41, 5.74) is 24.2. The lowest BCUT2D eigenvalue weighted by Crippen LogP contribution is -2.44. The molecule has 0 fully saturated rings. The first-order chi connectivity index (χ1) is 30.4. The van der Waals surface area contributed by atoms with Crippen LogP contribution in [0.1, 0.15) is 234 Å². The molecule has 0 aromatic carbocycles. The number of hydrogen-bond acceptors (Lipinski definition) is 12. The maximum absolute atomic E-state index is 13.2. The Morgan fingerprint density at radius 2 is 0.453 bits per heavy atom. The Labute approximate surface area is 391 Å². The quantitative estimate of drug-likeness (QED) is 0.0269. The van der Waals surface area contributed by atoms with Crippen molar-refractivity contribution < 1.29 is 39.6 Å². The molecule has 378 valence electrons.